The van der Waals surface area contributed by atoms with Crippen molar-refractivity contribution in [2.24, 2.45) is 0 Å². The summed E-state index contributed by atoms with van der Waals surface area (Å²) in [6.07, 6.45) is -0.236. The minimum atomic E-state index is -0.639. The van der Waals surface area contributed by atoms with Gasteiger partial charge in [-0.15, -0.1) is 0 Å². The lowest BCUT2D eigenvalue weighted by Gasteiger charge is -2.12. The quantitative estimate of drug-likeness (QED) is 0.707. The second-order valence-corrected chi connectivity index (χ2v) is 6.02. The molecule has 21 heavy (non-hydrogen) atoms. The highest BCUT2D eigenvalue weighted by Crippen LogP contribution is 2.25. The van der Waals surface area contributed by atoms with E-state index in [1.165, 1.54) is 12.1 Å². The van der Waals surface area contributed by atoms with Gasteiger partial charge in [0.25, 0.3) is 0 Å². The van der Waals surface area contributed by atoms with E-state index in [9.17, 15) is 9.50 Å². The lowest BCUT2D eigenvalue weighted by atomic mass is 9.99. The van der Waals surface area contributed by atoms with E-state index in [0.29, 0.717) is 6.42 Å². The van der Waals surface area contributed by atoms with E-state index in [-0.39, 0.29) is 5.82 Å². The zero-order chi connectivity index (χ0) is 14.8. The molecule has 0 spiro atoms. The van der Waals surface area contributed by atoms with E-state index in [2.05, 4.69) is 15.9 Å². The molecule has 1 atom stereocenters. The van der Waals surface area contributed by atoms with Crippen LogP contribution in [0.3, 0.4) is 0 Å². The molecule has 0 radical (unpaired) electrons. The molecule has 0 heterocycles. The zero-order valence-electron chi connectivity index (χ0n) is 11.3. The Morgan fingerprint density at radius 1 is 0.952 bits per heavy atom. The van der Waals surface area contributed by atoms with Crippen molar-refractivity contribution in [3.8, 4) is 0 Å². The van der Waals surface area contributed by atoms with Crippen LogP contribution in [0.5, 0.6) is 0 Å². The van der Waals surface area contributed by atoms with Crippen LogP contribution in [0.2, 0.25) is 0 Å². The highest BCUT2D eigenvalue weighted by Gasteiger charge is 2.10. The van der Waals surface area contributed by atoms with Gasteiger partial charge >= 0.3 is 0 Å². The maximum absolute atomic E-state index is 13.2. The van der Waals surface area contributed by atoms with Gasteiger partial charge in [0.2, 0.25) is 0 Å². The minimum Gasteiger partial charge on any atom is -0.388 e. The molecular weight excluding hydrogens is 331 g/mol. The molecule has 0 amide bonds. The predicted molar refractivity (Wildman–Crippen MR) is 86.7 cm³/mol. The van der Waals surface area contributed by atoms with Crippen molar-refractivity contribution in [3.05, 3.63) is 82.1 Å². The van der Waals surface area contributed by atoms with Crippen LogP contribution in [0.15, 0.2) is 65.1 Å². The second kappa shape index (κ2) is 5.96. The summed E-state index contributed by atoms with van der Waals surface area (Å²) in [5, 5.41) is 12.5. The van der Waals surface area contributed by atoms with E-state index in [0.717, 1.165) is 26.4 Å². The average Bonchev–Trinajstić information content (AvgIpc) is 2.46. The fourth-order valence-electron chi connectivity index (χ4n) is 2.45. The number of halogens is 2. The van der Waals surface area contributed by atoms with Gasteiger partial charge in [-0.05, 0) is 52.2 Å². The molecule has 3 rings (SSSR count). The van der Waals surface area contributed by atoms with E-state index >= 15 is 0 Å². The molecule has 1 nitrogen and oxygen atoms in total. The predicted octanol–water partition coefficient (Wildman–Crippen LogP) is 5.02. The Hall–Kier alpha value is -1.71. The molecule has 0 aliphatic heterocycles. The molecule has 3 aromatic rings. The first-order chi connectivity index (χ1) is 10.1. The van der Waals surface area contributed by atoms with Gasteiger partial charge in [0.05, 0.1) is 6.10 Å². The van der Waals surface area contributed by atoms with Crippen LogP contribution < -0.4 is 0 Å². The fraction of sp³-hybridized carbons (Fsp3) is 0.111. The summed E-state index contributed by atoms with van der Waals surface area (Å²) in [6, 6.07) is 18.3. The van der Waals surface area contributed by atoms with Crippen molar-refractivity contribution in [1.29, 1.82) is 0 Å². The summed E-state index contributed by atoms with van der Waals surface area (Å²) in [4.78, 5) is 0. The molecule has 1 N–H and O–H groups in total. The fourth-order valence-corrected chi connectivity index (χ4v) is 2.83. The zero-order valence-corrected chi connectivity index (χ0v) is 12.8. The van der Waals surface area contributed by atoms with Gasteiger partial charge < -0.3 is 5.11 Å². The number of aliphatic hydroxyl groups is 1. The number of rotatable bonds is 3. The molecule has 106 valence electrons. The summed E-state index contributed by atoms with van der Waals surface area (Å²) < 4.78 is 14.2. The number of hydrogen-bond donors (Lipinski definition) is 1. The van der Waals surface area contributed by atoms with Gasteiger partial charge in [0.1, 0.15) is 5.82 Å². The smallest absolute Gasteiger partial charge is 0.123 e. The molecule has 0 aliphatic rings. The normalized spacial score (nSPS) is 12.5. The Balaban J connectivity index is 1.87. The molecule has 0 aliphatic carbocycles. The summed E-state index contributed by atoms with van der Waals surface area (Å²) in [7, 11) is 0. The van der Waals surface area contributed by atoms with Gasteiger partial charge in [-0.1, -0.05) is 46.3 Å². The van der Waals surface area contributed by atoms with Crippen molar-refractivity contribution in [1.82, 2.24) is 0 Å². The number of hydrogen-bond acceptors (Lipinski definition) is 1. The van der Waals surface area contributed by atoms with Gasteiger partial charge in [0, 0.05) is 10.9 Å². The molecule has 0 bridgehead atoms. The summed E-state index contributed by atoms with van der Waals surface area (Å²) >= 11 is 3.45. The maximum Gasteiger partial charge on any atom is 0.123 e. The highest BCUT2D eigenvalue weighted by atomic mass is 79.9. The molecule has 0 saturated heterocycles. The lowest BCUT2D eigenvalue weighted by Crippen LogP contribution is -2.02. The molecule has 1 unspecified atom stereocenters. The van der Waals surface area contributed by atoms with Gasteiger partial charge in [-0.25, -0.2) is 4.39 Å². The van der Waals surface area contributed by atoms with Crippen LogP contribution in [0.25, 0.3) is 10.8 Å². The first kappa shape index (κ1) is 14.2. The molecule has 0 aromatic heterocycles. The van der Waals surface area contributed by atoms with Crippen LogP contribution in [-0.4, -0.2) is 5.11 Å². The lowest BCUT2D eigenvalue weighted by molar-refractivity contribution is 0.178. The van der Waals surface area contributed by atoms with E-state index in [4.69, 9.17) is 0 Å². The van der Waals surface area contributed by atoms with E-state index < -0.39 is 6.10 Å². The first-order valence-electron chi connectivity index (χ1n) is 6.73. The Morgan fingerprint density at radius 3 is 2.52 bits per heavy atom. The van der Waals surface area contributed by atoms with Crippen molar-refractivity contribution < 1.29 is 9.50 Å². The van der Waals surface area contributed by atoms with Crippen LogP contribution >= 0.6 is 15.9 Å². The number of fused-ring (bicyclic) bond motifs is 1. The maximum atomic E-state index is 13.2. The van der Waals surface area contributed by atoms with Crippen LogP contribution in [0, 0.1) is 5.82 Å². The molecule has 0 saturated carbocycles. The third kappa shape index (κ3) is 3.31. The van der Waals surface area contributed by atoms with Crippen LogP contribution in [0.4, 0.5) is 4.39 Å². The van der Waals surface area contributed by atoms with Crippen molar-refractivity contribution in [2.45, 2.75) is 12.5 Å². The second-order valence-electron chi connectivity index (χ2n) is 5.10. The van der Waals surface area contributed by atoms with E-state index in [1.807, 2.05) is 42.5 Å². The first-order valence-corrected chi connectivity index (χ1v) is 7.53. The van der Waals surface area contributed by atoms with Crippen molar-refractivity contribution in [3.63, 3.8) is 0 Å². The molecule has 3 aromatic carbocycles. The summed E-state index contributed by atoms with van der Waals surface area (Å²) in [6.45, 7) is 0. The van der Waals surface area contributed by atoms with Gasteiger partial charge in [-0.3, -0.25) is 0 Å². The number of benzene rings is 3. The Morgan fingerprint density at radius 2 is 1.71 bits per heavy atom. The Bertz CT molecular complexity index is 785. The third-order valence-corrected chi connectivity index (χ3v) is 4.02. The summed E-state index contributed by atoms with van der Waals surface area (Å²) in [5.41, 5.74) is 1.63. The number of aliphatic hydroxyl groups excluding tert-OH is 1. The largest absolute Gasteiger partial charge is 0.388 e. The molecular formula is C18H14BrFO. The standard InChI is InChI=1S/C18H14BrFO/c19-16-7-6-13-10-15(5-4-14(13)11-16)18(21)9-12-2-1-3-17(20)8-12/h1-8,10-11,18,21H,9H2. The van der Waals surface area contributed by atoms with E-state index in [1.54, 1.807) is 6.07 Å². The van der Waals surface area contributed by atoms with Gasteiger partial charge in [0.15, 0.2) is 0 Å². The highest BCUT2D eigenvalue weighted by molar-refractivity contribution is 9.10. The molecule has 3 heteroatoms. The SMILES string of the molecule is OC(Cc1cccc(F)c1)c1ccc2cc(Br)ccc2c1. The van der Waals surface area contributed by atoms with Crippen molar-refractivity contribution >= 4 is 26.7 Å². The summed E-state index contributed by atoms with van der Waals surface area (Å²) in [5.74, 6) is -0.275. The monoisotopic (exact) mass is 344 g/mol. The Labute approximate surface area is 131 Å². The average molecular weight is 345 g/mol. The third-order valence-electron chi connectivity index (χ3n) is 3.53. The Kier molecular flexibility index (Phi) is 4.04. The van der Waals surface area contributed by atoms with Crippen LogP contribution in [0.1, 0.15) is 17.2 Å². The van der Waals surface area contributed by atoms with Gasteiger partial charge in [-0.2, -0.15) is 0 Å². The van der Waals surface area contributed by atoms with Crippen LogP contribution in [-0.2, 0) is 6.42 Å². The topological polar surface area (TPSA) is 20.2 Å². The minimum absolute atomic E-state index is 0.275. The molecule has 0 fully saturated rings. The van der Waals surface area contributed by atoms with Crippen molar-refractivity contribution in [2.75, 3.05) is 0 Å².